The van der Waals surface area contributed by atoms with Gasteiger partial charge in [-0.2, -0.15) is 0 Å². The summed E-state index contributed by atoms with van der Waals surface area (Å²) in [6, 6.07) is 12.4. The lowest BCUT2D eigenvalue weighted by atomic mass is 9.82. The molecule has 0 bridgehead atoms. The van der Waals surface area contributed by atoms with Crippen LogP contribution in [-0.2, 0) is 29.9 Å². The van der Waals surface area contributed by atoms with E-state index >= 15 is 0 Å². The molecule has 2 heterocycles. The van der Waals surface area contributed by atoms with Crippen molar-refractivity contribution >= 4 is 39.1 Å². The van der Waals surface area contributed by atoms with E-state index < -0.39 is 38.9 Å². The van der Waals surface area contributed by atoms with E-state index in [1.165, 1.54) is 48.2 Å². The number of likely N-dealkylation sites (tertiary alicyclic amines) is 1. The van der Waals surface area contributed by atoms with Gasteiger partial charge in [0.05, 0.1) is 16.2 Å². The fraction of sp³-hybridized carbons (Fsp3) is 0.370. The van der Waals surface area contributed by atoms with Gasteiger partial charge >= 0.3 is 0 Å². The Hall–Kier alpha value is -3.54. The average molecular weight is 541 g/mol. The number of fused-ring (bicyclic) bond motifs is 2. The second-order valence-electron chi connectivity index (χ2n) is 9.76. The van der Waals surface area contributed by atoms with Crippen LogP contribution < -0.4 is 4.90 Å². The van der Waals surface area contributed by atoms with E-state index in [1.807, 2.05) is 19.0 Å². The number of aliphatic hydroxyl groups is 1. The third-order valence-electron chi connectivity index (χ3n) is 7.00. The summed E-state index contributed by atoms with van der Waals surface area (Å²) in [5, 5.41) is 11.6. The van der Waals surface area contributed by atoms with Gasteiger partial charge in [0.15, 0.2) is 5.54 Å². The van der Waals surface area contributed by atoms with Crippen LogP contribution in [0.4, 0.5) is 5.69 Å². The van der Waals surface area contributed by atoms with Gasteiger partial charge in [-0.15, -0.1) is 0 Å². The molecule has 1 fully saturated rings. The lowest BCUT2D eigenvalue weighted by Crippen LogP contribution is -2.52. The summed E-state index contributed by atoms with van der Waals surface area (Å²) in [4.78, 5) is 45.9. The number of nitrogens with zero attached hydrogens (tertiary/aromatic N) is 4. The molecule has 0 radical (unpaired) electrons. The number of hydrogen-bond acceptors (Lipinski definition) is 7. The minimum absolute atomic E-state index is 0.0128. The molecular formula is C27H32N4O6S. The quantitative estimate of drug-likeness (QED) is 0.308. The number of rotatable bonds is 8. The number of para-hydroxylation sites is 1. The lowest BCUT2D eigenvalue weighted by Gasteiger charge is -2.34. The summed E-state index contributed by atoms with van der Waals surface area (Å²) >= 11 is 0. The van der Waals surface area contributed by atoms with Gasteiger partial charge in [0.1, 0.15) is 5.76 Å². The van der Waals surface area contributed by atoms with Crippen molar-refractivity contribution in [2.24, 2.45) is 0 Å². The zero-order valence-electron chi connectivity index (χ0n) is 22.1. The molecular weight excluding hydrogens is 508 g/mol. The molecule has 2 aliphatic heterocycles. The first-order valence-electron chi connectivity index (χ1n) is 12.3. The zero-order valence-corrected chi connectivity index (χ0v) is 22.9. The Kier molecular flexibility index (Phi) is 7.21. The fourth-order valence-electron chi connectivity index (χ4n) is 5.18. The van der Waals surface area contributed by atoms with Crippen molar-refractivity contribution in [2.45, 2.75) is 23.8 Å². The molecule has 202 valence electrons. The molecule has 2 aromatic rings. The fourth-order valence-corrected chi connectivity index (χ4v) is 6.13. The van der Waals surface area contributed by atoms with Crippen molar-refractivity contribution in [3.8, 4) is 0 Å². The Balaban J connectivity index is 2.01. The summed E-state index contributed by atoms with van der Waals surface area (Å²) in [6.07, 6.45) is 0.486. The Labute approximate surface area is 222 Å². The van der Waals surface area contributed by atoms with Crippen LogP contribution in [0.2, 0.25) is 0 Å². The number of hydrogen-bond donors (Lipinski definition) is 1. The van der Waals surface area contributed by atoms with Crippen molar-refractivity contribution < 1.29 is 27.9 Å². The molecule has 1 N–H and O–H groups in total. The van der Waals surface area contributed by atoms with E-state index in [0.717, 1.165) is 4.31 Å². The third kappa shape index (κ3) is 4.01. The number of anilines is 1. The minimum atomic E-state index is -3.85. The second kappa shape index (κ2) is 9.97. The standard InChI is InChI=1S/C27H32N4O6S/c1-6-30-21-14-8-7-13-20(21)27(26(30)35)22(24(33)25(34)31(27)16-10-15-28(2)3)23(32)18-11-9-12-19(17-18)38(36,37)29(4)5/h7-9,11-14,17,32H,6,10,15-16H2,1-5H3. The highest BCUT2D eigenvalue weighted by Crippen LogP contribution is 2.53. The molecule has 4 rings (SSSR count). The number of benzene rings is 2. The minimum Gasteiger partial charge on any atom is -0.507 e. The Morgan fingerprint density at radius 2 is 1.68 bits per heavy atom. The predicted octanol–water partition coefficient (Wildman–Crippen LogP) is 1.83. The number of Topliss-reactive ketones (excluding diaryl/α,β-unsaturated/α-hetero) is 1. The van der Waals surface area contributed by atoms with Crippen LogP contribution >= 0.6 is 0 Å². The number of aliphatic hydroxyl groups excluding tert-OH is 1. The number of carbonyl (C=O) groups excluding carboxylic acids is 3. The number of likely N-dealkylation sites (N-methyl/N-ethyl adjacent to an activating group) is 1. The van der Waals surface area contributed by atoms with Crippen molar-refractivity contribution in [1.29, 1.82) is 0 Å². The molecule has 2 aliphatic rings. The first-order chi connectivity index (χ1) is 17.9. The van der Waals surface area contributed by atoms with Crippen molar-refractivity contribution in [2.75, 3.05) is 52.7 Å². The molecule has 0 aromatic heterocycles. The highest BCUT2D eigenvalue weighted by Gasteiger charge is 2.66. The van der Waals surface area contributed by atoms with Crippen LogP contribution in [0.5, 0.6) is 0 Å². The summed E-state index contributed by atoms with van der Waals surface area (Å²) < 4.78 is 26.5. The maximum absolute atomic E-state index is 14.2. The summed E-state index contributed by atoms with van der Waals surface area (Å²) in [5.74, 6) is -2.99. The van der Waals surface area contributed by atoms with E-state index in [1.54, 1.807) is 31.2 Å². The van der Waals surface area contributed by atoms with E-state index in [0.29, 0.717) is 24.2 Å². The average Bonchev–Trinajstić information content (AvgIpc) is 3.26. The SMILES string of the molecule is CCN1C(=O)C2(C(=C(O)c3cccc(S(=O)(=O)N(C)C)c3)C(=O)C(=O)N2CCCN(C)C)c2ccccc21. The van der Waals surface area contributed by atoms with Gasteiger partial charge in [0.2, 0.25) is 10.0 Å². The number of sulfonamides is 1. The molecule has 1 atom stereocenters. The molecule has 1 spiro atoms. The maximum atomic E-state index is 14.2. The zero-order chi connectivity index (χ0) is 28.0. The number of amides is 2. The van der Waals surface area contributed by atoms with Crippen LogP contribution in [0.15, 0.2) is 59.0 Å². The molecule has 2 aromatic carbocycles. The Morgan fingerprint density at radius 1 is 1.00 bits per heavy atom. The monoisotopic (exact) mass is 540 g/mol. The highest BCUT2D eigenvalue weighted by atomic mass is 32.2. The molecule has 10 nitrogen and oxygen atoms in total. The number of carbonyl (C=O) groups is 3. The molecule has 1 unspecified atom stereocenters. The van der Waals surface area contributed by atoms with Gasteiger partial charge in [-0.25, -0.2) is 12.7 Å². The van der Waals surface area contributed by atoms with Gasteiger partial charge in [-0.05, 0) is 52.2 Å². The van der Waals surface area contributed by atoms with Gasteiger partial charge in [0.25, 0.3) is 17.6 Å². The van der Waals surface area contributed by atoms with E-state index in [9.17, 15) is 27.9 Å². The van der Waals surface area contributed by atoms with Gasteiger partial charge in [-0.3, -0.25) is 14.4 Å². The molecule has 2 amide bonds. The summed E-state index contributed by atoms with van der Waals surface area (Å²) in [5.41, 5.74) is -1.24. The second-order valence-corrected chi connectivity index (χ2v) is 11.9. The molecule has 1 saturated heterocycles. The molecule has 0 aliphatic carbocycles. The van der Waals surface area contributed by atoms with Gasteiger partial charge in [-0.1, -0.05) is 30.3 Å². The van der Waals surface area contributed by atoms with Crippen molar-refractivity contribution in [3.05, 3.63) is 65.2 Å². The van der Waals surface area contributed by atoms with Crippen molar-refractivity contribution in [1.82, 2.24) is 14.1 Å². The Bertz CT molecular complexity index is 1450. The van der Waals surface area contributed by atoms with Crippen LogP contribution in [0.1, 0.15) is 24.5 Å². The third-order valence-corrected chi connectivity index (χ3v) is 8.81. The highest BCUT2D eigenvalue weighted by molar-refractivity contribution is 7.89. The molecule has 0 saturated carbocycles. The van der Waals surface area contributed by atoms with Gasteiger partial charge < -0.3 is 19.8 Å². The first-order valence-corrected chi connectivity index (χ1v) is 13.7. The van der Waals surface area contributed by atoms with Crippen molar-refractivity contribution in [3.63, 3.8) is 0 Å². The lowest BCUT2D eigenvalue weighted by molar-refractivity contribution is -0.143. The largest absolute Gasteiger partial charge is 0.507 e. The number of ketones is 1. The first kappa shape index (κ1) is 27.5. The molecule has 38 heavy (non-hydrogen) atoms. The van der Waals surface area contributed by atoms with Crippen LogP contribution in [0.3, 0.4) is 0 Å². The van der Waals surface area contributed by atoms with E-state index in [-0.39, 0.29) is 29.1 Å². The van der Waals surface area contributed by atoms with Crippen LogP contribution in [-0.4, -0.2) is 93.1 Å². The van der Waals surface area contributed by atoms with E-state index in [4.69, 9.17) is 0 Å². The predicted molar refractivity (Wildman–Crippen MR) is 143 cm³/mol. The molecule has 11 heteroatoms. The summed E-state index contributed by atoms with van der Waals surface area (Å²) in [7, 11) is 2.68. The van der Waals surface area contributed by atoms with E-state index in [2.05, 4.69) is 0 Å². The maximum Gasteiger partial charge on any atom is 0.296 e. The smallest absolute Gasteiger partial charge is 0.296 e. The topological polar surface area (TPSA) is 119 Å². The summed E-state index contributed by atoms with van der Waals surface area (Å²) in [6.45, 7) is 2.79. The normalized spacial score (nSPS) is 20.9. The Morgan fingerprint density at radius 3 is 2.32 bits per heavy atom. The van der Waals surface area contributed by atoms with Crippen LogP contribution in [0.25, 0.3) is 5.76 Å². The van der Waals surface area contributed by atoms with Crippen LogP contribution in [0, 0.1) is 0 Å². The van der Waals surface area contributed by atoms with Gasteiger partial charge in [0, 0.05) is 38.3 Å².